The van der Waals surface area contributed by atoms with E-state index in [9.17, 15) is 0 Å². The highest BCUT2D eigenvalue weighted by molar-refractivity contribution is 5.43. The van der Waals surface area contributed by atoms with E-state index in [1.807, 2.05) is 18.2 Å². The first kappa shape index (κ1) is 8.53. The van der Waals surface area contributed by atoms with Crippen molar-refractivity contribution < 1.29 is 14.6 Å². The van der Waals surface area contributed by atoms with Gasteiger partial charge in [-0.3, -0.25) is 0 Å². The predicted molar refractivity (Wildman–Crippen MR) is 47.6 cm³/mol. The molecule has 0 spiro atoms. The quantitative estimate of drug-likeness (QED) is 0.712. The van der Waals surface area contributed by atoms with Crippen molar-refractivity contribution in [2.75, 3.05) is 13.7 Å². The third kappa shape index (κ3) is 1.53. The topological polar surface area (TPSA) is 42.0 Å². The maximum absolute atomic E-state index is 9.10. The van der Waals surface area contributed by atoms with Crippen LogP contribution >= 0.6 is 0 Å². The molecule has 1 unspecified atom stereocenters. The number of rotatable bonds is 3. The van der Waals surface area contributed by atoms with Crippen LogP contribution in [0, 0.1) is 0 Å². The number of hydrogen-bond donors (Lipinski definition) is 1. The minimum absolute atomic E-state index is 0.0341. The van der Waals surface area contributed by atoms with Crippen molar-refractivity contribution in [3.05, 3.63) is 29.3 Å². The van der Waals surface area contributed by atoms with Crippen molar-refractivity contribution >= 4 is 0 Å². The summed E-state index contributed by atoms with van der Waals surface area (Å²) in [4.78, 5) is 0. The van der Waals surface area contributed by atoms with Crippen molar-refractivity contribution in [3.63, 3.8) is 0 Å². The van der Waals surface area contributed by atoms with Gasteiger partial charge in [-0.2, -0.15) is 0 Å². The van der Waals surface area contributed by atoms with Crippen LogP contribution in [-0.2, 0) is 11.3 Å². The number of ether oxygens (including phenoxy) is 2. The lowest BCUT2D eigenvalue weighted by atomic mass is 10.0. The number of aliphatic hydroxyl groups excluding tert-OH is 1. The molecule has 0 aromatic heterocycles. The second-order valence-electron chi connectivity index (χ2n) is 3.01. The molecular weight excluding hydrogens is 168 g/mol. The van der Waals surface area contributed by atoms with Gasteiger partial charge in [0.15, 0.2) is 0 Å². The molecular formula is C10H12O3. The van der Waals surface area contributed by atoms with Crippen LogP contribution < -0.4 is 4.74 Å². The second kappa shape index (κ2) is 3.36. The summed E-state index contributed by atoms with van der Waals surface area (Å²) < 4.78 is 10.4. The van der Waals surface area contributed by atoms with Crippen molar-refractivity contribution in [1.82, 2.24) is 0 Å². The Morgan fingerprint density at radius 1 is 1.62 bits per heavy atom. The monoisotopic (exact) mass is 180 g/mol. The number of hydrogen-bond acceptors (Lipinski definition) is 3. The highest BCUT2D eigenvalue weighted by Gasteiger charge is 2.30. The van der Waals surface area contributed by atoms with E-state index in [-0.39, 0.29) is 12.7 Å². The Morgan fingerprint density at radius 2 is 2.38 bits per heavy atom. The van der Waals surface area contributed by atoms with Gasteiger partial charge in [0.05, 0.1) is 20.3 Å². The molecule has 3 nitrogen and oxygen atoms in total. The minimum atomic E-state index is 0.0341. The molecule has 1 aromatic carbocycles. The zero-order chi connectivity index (χ0) is 9.26. The van der Waals surface area contributed by atoms with E-state index in [1.165, 1.54) is 0 Å². The number of benzene rings is 1. The van der Waals surface area contributed by atoms with E-state index < -0.39 is 0 Å². The fourth-order valence-electron chi connectivity index (χ4n) is 1.49. The average molecular weight is 180 g/mol. The first-order valence-electron chi connectivity index (χ1n) is 4.25. The third-order valence-corrected chi connectivity index (χ3v) is 2.20. The van der Waals surface area contributed by atoms with Crippen LogP contribution in [0.15, 0.2) is 18.2 Å². The first-order valence-corrected chi connectivity index (χ1v) is 4.25. The van der Waals surface area contributed by atoms with Gasteiger partial charge in [-0.25, -0.2) is 0 Å². The first-order chi connectivity index (χ1) is 6.36. The maximum atomic E-state index is 9.10. The van der Waals surface area contributed by atoms with E-state index in [0.717, 1.165) is 23.5 Å². The molecule has 1 saturated heterocycles. The highest BCUT2D eigenvalue weighted by atomic mass is 16.6. The molecule has 0 bridgehead atoms. The van der Waals surface area contributed by atoms with Gasteiger partial charge in [0.25, 0.3) is 0 Å². The molecule has 1 aliphatic heterocycles. The van der Waals surface area contributed by atoms with Crippen LogP contribution in [0.25, 0.3) is 0 Å². The molecule has 1 fully saturated rings. The van der Waals surface area contributed by atoms with E-state index in [2.05, 4.69) is 0 Å². The van der Waals surface area contributed by atoms with E-state index in [1.54, 1.807) is 7.11 Å². The summed E-state index contributed by atoms with van der Waals surface area (Å²) in [5, 5.41) is 9.10. The van der Waals surface area contributed by atoms with Gasteiger partial charge in [-0.15, -0.1) is 0 Å². The molecule has 1 atom stereocenters. The Kier molecular flexibility index (Phi) is 2.20. The van der Waals surface area contributed by atoms with Crippen molar-refractivity contribution in [2.45, 2.75) is 12.7 Å². The van der Waals surface area contributed by atoms with E-state index in [0.29, 0.717) is 0 Å². The van der Waals surface area contributed by atoms with Crippen LogP contribution in [0.3, 0.4) is 0 Å². The Morgan fingerprint density at radius 3 is 2.92 bits per heavy atom. The van der Waals surface area contributed by atoms with Crippen molar-refractivity contribution in [1.29, 1.82) is 0 Å². The Balaban J connectivity index is 2.44. The summed E-state index contributed by atoms with van der Waals surface area (Å²) >= 11 is 0. The minimum Gasteiger partial charge on any atom is -0.496 e. The zero-order valence-corrected chi connectivity index (χ0v) is 7.49. The predicted octanol–water partition coefficient (Wildman–Crippen LogP) is 1.26. The van der Waals surface area contributed by atoms with E-state index >= 15 is 0 Å². The molecule has 3 heteroatoms. The summed E-state index contributed by atoms with van der Waals surface area (Å²) in [6.45, 7) is 0.764. The van der Waals surface area contributed by atoms with Crippen LogP contribution in [0.1, 0.15) is 17.2 Å². The number of aliphatic hydroxyl groups is 1. The Bertz CT molecular complexity index is 283. The van der Waals surface area contributed by atoms with Crippen LogP contribution in [0.4, 0.5) is 0 Å². The Labute approximate surface area is 76.9 Å². The summed E-state index contributed by atoms with van der Waals surface area (Å²) in [7, 11) is 1.63. The summed E-state index contributed by atoms with van der Waals surface area (Å²) in [6.07, 6.45) is 0.123. The van der Waals surface area contributed by atoms with Gasteiger partial charge in [0.1, 0.15) is 11.9 Å². The van der Waals surface area contributed by atoms with Crippen molar-refractivity contribution in [3.8, 4) is 5.75 Å². The van der Waals surface area contributed by atoms with E-state index in [4.69, 9.17) is 14.6 Å². The average Bonchev–Trinajstić information content (AvgIpc) is 3.00. The molecule has 0 aliphatic carbocycles. The fourth-order valence-corrected chi connectivity index (χ4v) is 1.49. The summed E-state index contributed by atoms with van der Waals surface area (Å²) in [5.41, 5.74) is 1.88. The molecule has 2 rings (SSSR count). The zero-order valence-electron chi connectivity index (χ0n) is 7.49. The molecule has 0 saturated carbocycles. The lowest BCUT2D eigenvalue weighted by molar-refractivity contribution is 0.277. The van der Waals surface area contributed by atoms with Crippen LogP contribution in [0.2, 0.25) is 0 Å². The lowest BCUT2D eigenvalue weighted by Gasteiger charge is -2.09. The van der Waals surface area contributed by atoms with Crippen LogP contribution in [0.5, 0.6) is 5.75 Å². The highest BCUT2D eigenvalue weighted by Crippen LogP contribution is 2.38. The fraction of sp³-hybridized carbons (Fsp3) is 0.400. The summed E-state index contributed by atoms with van der Waals surface area (Å²) in [5.74, 6) is 0.800. The summed E-state index contributed by atoms with van der Waals surface area (Å²) in [6, 6.07) is 5.64. The maximum Gasteiger partial charge on any atom is 0.125 e. The third-order valence-electron chi connectivity index (χ3n) is 2.20. The van der Waals surface area contributed by atoms with Crippen molar-refractivity contribution in [2.24, 2.45) is 0 Å². The van der Waals surface area contributed by atoms with Gasteiger partial charge >= 0.3 is 0 Å². The van der Waals surface area contributed by atoms with Gasteiger partial charge in [0.2, 0.25) is 0 Å². The van der Waals surface area contributed by atoms with Gasteiger partial charge < -0.3 is 14.6 Å². The standard InChI is InChI=1S/C10H12O3/c1-12-8-4-2-3-7(5-11)10(8)9-6-13-9/h2-4,9,11H,5-6H2,1H3. The second-order valence-corrected chi connectivity index (χ2v) is 3.01. The molecule has 0 amide bonds. The molecule has 1 N–H and O–H groups in total. The molecule has 1 aliphatic rings. The van der Waals surface area contributed by atoms with Gasteiger partial charge in [-0.1, -0.05) is 12.1 Å². The molecule has 1 aromatic rings. The Hall–Kier alpha value is -1.06. The van der Waals surface area contributed by atoms with Crippen LogP contribution in [-0.4, -0.2) is 18.8 Å². The molecule has 13 heavy (non-hydrogen) atoms. The molecule has 1 heterocycles. The smallest absolute Gasteiger partial charge is 0.125 e. The normalized spacial score (nSPS) is 20.0. The van der Waals surface area contributed by atoms with Gasteiger partial charge in [-0.05, 0) is 11.6 Å². The number of methoxy groups -OCH3 is 1. The van der Waals surface area contributed by atoms with Gasteiger partial charge in [0, 0.05) is 5.56 Å². The SMILES string of the molecule is COc1cccc(CO)c1C1CO1. The number of epoxide rings is 1. The lowest BCUT2D eigenvalue weighted by Crippen LogP contribution is -1.97. The molecule has 70 valence electrons. The largest absolute Gasteiger partial charge is 0.496 e. The molecule has 0 radical (unpaired) electrons.